The zero-order chi connectivity index (χ0) is 14.0. The smallest absolute Gasteiger partial charge is 0.243 e. The molecule has 1 aromatic rings. The number of nitrogens with zero attached hydrogens (tertiary/aromatic N) is 1. The van der Waals surface area contributed by atoms with Gasteiger partial charge in [0.1, 0.15) is 5.75 Å². The highest BCUT2D eigenvalue weighted by atomic mass is 79.9. The van der Waals surface area contributed by atoms with Crippen molar-refractivity contribution in [2.75, 3.05) is 20.2 Å². The molecule has 0 saturated carbocycles. The third kappa shape index (κ3) is 3.01. The van der Waals surface area contributed by atoms with E-state index < -0.39 is 10.0 Å². The van der Waals surface area contributed by atoms with Crippen LogP contribution in [-0.2, 0) is 10.0 Å². The summed E-state index contributed by atoms with van der Waals surface area (Å²) in [6.07, 6.45) is 2.75. The van der Waals surface area contributed by atoms with Crippen LogP contribution in [0.1, 0.15) is 13.3 Å². The molecule has 0 radical (unpaired) electrons. The van der Waals surface area contributed by atoms with Crippen LogP contribution in [-0.4, -0.2) is 32.9 Å². The van der Waals surface area contributed by atoms with Gasteiger partial charge in [0, 0.05) is 13.1 Å². The van der Waals surface area contributed by atoms with Crippen LogP contribution in [0.4, 0.5) is 0 Å². The fraction of sp³-hybridized carbons (Fsp3) is 0.385. The topological polar surface area (TPSA) is 46.6 Å². The SMILES string of the molecule is COc1ccc(S(=O)(=O)N2CC=C(C)CC2)cc1Br. The van der Waals surface area contributed by atoms with Crippen molar-refractivity contribution in [3.63, 3.8) is 0 Å². The predicted molar refractivity (Wildman–Crippen MR) is 77.8 cm³/mol. The Bertz CT molecular complexity index is 610. The number of ether oxygens (including phenoxy) is 1. The number of benzene rings is 1. The number of hydrogen-bond donors (Lipinski definition) is 0. The summed E-state index contributed by atoms with van der Waals surface area (Å²) in [6, 6.07) is 4.81. The van der Waals surface area contributed by atoms with E-state index in [1.54, 1.807) is 25.3 Å². The number of halogens is 1. The molecule has 0 bridgehead atoms. The average molecular weight is 346 g/mol. The summed E-state index contributed by atoms with van der Waals surface area (Å²) in [5.41, 5.74) is 1.24. The van der Waals surface area contributed by atoms with Gasteiger partial charge >= 0.3 is 0 Å². The molecule has 0 amide bonds. The Balaban J connectivity index is 2.32. The predicted octanol–water partition coefficient (Wildman–Crippen LogP) is 2.80. The van der Waals surface area contributed by atoms with Crippen molar-refractivity contribution in [3.8, 4) is 5.75 Å². The maximum Gasteiger partial charge on any atom is 0.243 e. The molecule has 6 heteroatoms. The first-order chi connectivity index (χ1) is 8.95. The van der Waals surface area contributed by atoms with Crippen molar-refractivity contribution >= 4 is 26.0 Å². The van der Waals surface area contributed by atoms with E-state index in [0.717, 1.165) is 6.42 Å². The van der Waals surface area contributed by atoms with Gasteiger partial charge in [0.2, 0.25) is 10.0 Å². The van der Waals surface area contributed by atoms with Crippen molar-refractivity contribution in [2.45, 2.75) is 18.2 Å². The molecule has 1 aliphatic heterocycles. The number of rotatable bonds is 3. The zero-order valence-electron chi connectivity index (χ0n) is 10.9. The molecule has 0 aliphatic carbocycles. The van der Waals surface area contributed by atoms with Crippen LogP contribution in [0.25, 0.3) is 0 Å². The molecule has 0 aromatic heterocycles. The number of hydrogen-bond acceptors (Lipinski definition) is 3. The van der Waals surface area contributed by atoms with Crippen molar-refractivity contribution < 1.29 is 13.2 Å². The van der Waals surface area contributed by atoms with Gasteiger partial charge in [-0.25, -0.2) is 8.42 Å². The lowest BCUT2D eigenvalue weighted by Gasteiger charge is -2.25. The molecule has 0 atom stereocenters. The lowest BCUT2D eigenvalue weighted by molar-refractivity contribution is 0.411. The minimum atomic E-state index is -3.43. The molecule has 0 spiro atoms. The van der Waals surface area contributed by atoms with Gasteiger partial charge < -0.3 is 4.74 Å². The fourth-order valence-corrected chi connectivity index (χ4v) is 4.03. The summed E-state index contributed by atoms with van der Waals surface area (Å²) in [6.45, 7) is 3.00. The Kier molecular flexibility index (Phi) is 4.32. The molecule has 0 unspecified atom stereocenters. The maximum atomic E-state index is 12.5. The summed E-state index contributed by atoms with van der Waals surface area (Å²) >= 11 is 3.31. The molecule has 104 valence electrons. The molecule has 1 aliphatic rings. The van der Waals surface area contributed by atoms with Crippen LogP contribution in [0.15, 0.2) is 39.2 Å². The molecule has 0 fully saturated rings. The lowest BCUT2D eigenvalue weighted by atomic mass is 10.1. The molecule has 19 heavy (non-hydrogen) atoms. The molecule has 4 nitrogen and oxygen atoms in total. The van der Waals surface area contributed by atoms with Gasteiger partial charge in [-0.2, -0.15) is 4.31 Å². The van der Waals surface area contributed by atoms with E-state index in [-0.39, 0.29) is 4.90 Å². The average Bonchev–Trinajstić information content (AvgIpc) is 2.39. The van der Waals surface area contributed by atoms with Crippen LogP contribution < -0.4 is 4.74 Å². The second-order valence-electron chi connectivity index (χ2n) is 4.46. The summed E-state index contributed by atoms with van der Waals surface area (Å²) in [5.74, 6) is 0.619. The van der Waals surface area contributed by atoms with Gasteiger partial charge in [-0.15, -0.1) is 0 Å². The number of methoxy groups -OCH3 is 1. The first-order valence-corrected chi connectivity index (χ1v) is 8.18. The molecule has 2 rings (SSSR count). The van der Waals surface area contributed by atoms with E-state index in [1.807, 2.05) is 13.0 Å². The van der Waals surface area contributed by atoms with Gasteiger partial charge in [-0.1, -0.05) is 11.6 Å². The summed E-state index contributed by atoms with van der Waals surface area (Å²) < 4.78 is 32.2. The second kappa shape index (κ2) is 5.64. The van der Waals surface area contributed by atoms with Gasteiger partial charge in [0.15, 0.2) is 0 Å². The summed E-state index contributed by atoms with van der Waals surface area (Å²) in [4.78, 5) is 0.285. The second-order valence-corrected chi connectivity index (χ2v) is 7.25. The zero-order valence-corrected chi connectivity index (χ0v) is 13.3. The van der Waals surface area contributed by atoms with Crippen LogP contribution in [0.5, 0.6) is 5.75 Å². The van der Waals surface area contributed by atoms with Gasteiger partial charge in [-0.05, 0) is 47.5 Å². The van der Waals surface area contributed by atoms with Crippen LogP contribution in [0, 0.1) is 0 Å². The van der Waals surface area contributed by atoms with Crippen LogP contribution in [0.2, 0.25) is 0 Å². The normalized spacial score (nSPS) is 17.1. The van der Waals surface area contributed by atoms with E-state index in [1.165, 1.54) is 9.88 Å². The van der Waals surface area contributed by atoms with Gasteiger partial charge in [-0.3, -0.25) is 0 Å². The van der Waals surface area contributed by atoms with E-state index >= 15 is 0 Å². The van der Waals surface area contributed by atoms with Gasteiger partial charge in [0.05, 0.1) is 16.5 Å². The Labute approximate surface area is 122 Å². The first kappa shape index (κ1) is 14.6. The molecule has 1 heterocycles. The first-order valence-electron chi connectivity index (χ1n) is 5.94. The lowest BCUT2D eigenvalue weighted by Crippen LogP contribution is -2.34. The van der Waals surface area contributed by atoms with E-state index in [2.05, 4.69) is 15.9 Å². The highest BCUT2D eigenvalue weighted by molar-refractivity contribution is 9.10. The van der Waals surface area contributed by atoms with Gasteiger partial charge in [0.25, 0.3) is 0 Å². The quantitative estimate of drug-likeness (QED) is 0.791. The van der Waals surface area contributed by atoms with Crippen LogP contribution >= 0.6 is 15.9 Å². The highest BCUT2D eigenvalue weighted by Crippen LogP contribution is 2.29. The standard InChI is InChI=1S/C13H16BrNO3S/c1-10-5-7-15(8-6-10)19(16,17)11-3-4-13(18-2)12(14)9-11/h3-5,9H,6-8H2,1-2H3. The summed E-state index contributed by atoms with van der Waals surface area (Å²) in [5, 5.41) is 0. The van der Waals surface area contributed by atoms with Crippen molar-refractivity contribution in [1.29, 1.82) is 0 Å². The third-order valence-electron chi connectivity index (χ3n) is 3.16. The van der Waals surface area contributed by atoms with Crippen molar-refractivity contribution in [1.82, 2.24) is 4.31 Å². The van der Waals surface area contributed by atoms with E-state index in [4.69, 9.17) is 4.74 Å². The maximum absolute atomic E-state index is 12.5. The van der Waals surface area contributed by atoms with Crippen molar-refractivity contribution in [2.24, 2.45) is 0 Å². The molecular weight excluding hydrogens is 330 g/mol. The largest absolute Gasteiger partial charge is 0.496 e. The minimum absolute atomic E-state index is 0.285. The van der Waals surface area contributed by atoms with Crippen LogP contribution in [0.3, 0.4) is 0 Å². The fourth-order valence-electron chi connectivity index (χ4n) is 1.93. The third-order valence-corrected chi connectivity index (χ3v) is 5.64. The Morgan fingerprint density at radius 2 is 2.11 bits per heavy atom. The molecular formula is C13H16BrNO3S. The molecule has 0 N–H and O–H groups in total. The minimum Gasteiger partial charge on any atom is -0.496 e. The van der Waals surface area contributed by atoms with E-state index in [0.29, 0.717) is 23.3 Å². The highest BCUT2D eigenvalue weighted by Gasteiger charge is 2.25. The number of sulfonamides is 1. The van der Waals surface area contributed by atoms with E-state index in [9.17, 15) is 8.42 Å². The monoisotopic (exact) mass is 345 g/mol. The molecule has 0 saturated heterocycles. The Morgan fingerprint density at radius 1 is 1.37 bits per heavy atom. The van der Waals surface area contributed by atoms with Crippen molar-refractivity contribution in [3.05, 3.63) is 34.3 Å². The summed E-state index contributed by atoms with van der Waals surface area (Å²) in [7, 11) is -1.88. The Hall–Kier alpha value is -0.850. The Morgan fingerprint density at radius 3 is 2.63 bits per heavy atom. The molecule has 1 aromatic carbocycles.